The van der Waals surface area contributed by atoms with Crippen LogP contribution in [0.2, 0.25) is 0 Å². The first-order valence-electron chi connectivity index (χ1n) is 5.98. The first kappa shape index (κ1) is 15.8. The predicted molar refractivity (Wildman–Crippen MR) is 73.7 cm³/mol. The Hall–Kier alpha value is -1.60. The Balaban J connectivity index is 2.05. The van der Waals surface area contributed by atoms with Crippen LogP contribution in [0.1, 0.15) is 17.4 Å². The Morgan fingerprint density at radius 2 is 1.86 bits per heavy atom. The summed E-state index contributed by atoms with van der Waals surface area (Å²) in [5.74, 6) is -0.292. The van der Waals surface area contributed by atoms with Crippen molar-refractivity contribution >= 4 is 15.9 Å². The molecule has 0 saturated carbocycles. The van der Waals surface area contributed by atoms with Gasteiger partial charge in [0.2, 0.25) is 0 Å². The zero-order valence-corrected chi connectivity index (χ0v) is 12.2. The molecule has 1 heterocycles. The maximum absolute atomic E-state index is 12.0. The fourth-order valence-corrected chi connectivity index (χ4v) is 2.31. The fraction of sp³-hybridized carbons (Fsp3) is 0.214. The lowest BCUT2D eigenvalue weighted by molar-refractivity contribution is -0.274. The van der Waals surface area contributed by atoms with Gasteiger partial charge in [-0.1, -0.05) is 12.1 Å². The number of benzene rings is 1. The van der Waals surface area contributed by atoms with E-state index in [0.29, 0.717) is 15.7 Å². The number of hydrogen-bond donors (Lipinski definition) is 1. The van der Waals surface area contributed by atoms with Crippen LogP contribution in [0, 0.1) is 0 Å². The van der Waals surface area contributed by atoms with E-state index >= 15 is 0 Å². The smallest absolute Gasteiger partial charge is 0.406 e. The van der Waals surface area contributed by atoms with E-state index in [4.69, 9.17) is 0 Å². The van der Waals surface area contributed by atoms with Crippen LogP contribution in [0.4, 0.5) is 13.2 Å². The van der Waals surface area contributed by atoms with E-state index in [1.807, 2.05) is 0 Å². The number of alkyl halides is 3. The van der Waals surface area contributed by atoms with E-state index in [0.717, 1.165) is 0 Å². The molecule has 0 aliphatic heterocycles. The van der Waals surface area contributed by atoms with Gasteiger partial charge in [0.1, 0.15) is 11.9 Å². The molecule has 1 unspecified atom stereocenters. The molecule has 3 nitrogen and oxygen atoms in total. The van der Waals surface area contributed by atoms with Crippen LogP contribution in [0.15, 0.2) is 47.1 Å². The van der Waals surface area contributed by atoms with Gasteiger partial charge in [-0.15, -0.1) is 13.2 Å². The van der Waals surface area contributed by atoms with Gasteiger partial charge in [-0.2, -0.15) is 0 Å². The van der Waals surface area contributed by atoms with Gasteiger partial charge in [0.05, 0.1) is 5.69 Å². The summed E-state index contributed by atoms with van der Waals surface area (Å²) in [6, 6.07) is 8.85. The average Bonchev–Trinajstić information content (AvgIpc) is 2.40. The Bertz CT molecular complexity index is 602. The molecule has 2 rings (SSSR count). The third-order valence-corrected chi connectivity index (χ3v) is 3.36. The van der Waals surface area contributed by atoms with Gasteiger partial charge in [-0.05, 0) is 45.8 Å². The van der Waals surface area contributed by atoms with Crippen LogP contribution in [0.5, 0.6) is 5.75 Å². The number of aliphatic hydroxyl groups is 1. The molecule has 0 amide bonds. The molecule has 2 aromatic rings. The molecular formula is C14H11BrF3NO2. The fourth-order valence-electron chi connectivity index (χ4n) is 1.79. The zero-order chi connectivity index (χ0) is 15.5. The summed E-state index contributed by atoms with van der Waals surface area (Å²) in [6.07, 6.45) is -3.76. The number of rotatable bonds is 4. The molecule has 0 radical (unpaired) electrons. The summed E-state index contributed by atoms with van der Waals surface area (Å²) in [5.41, 5.74) is 1.16. The van der Waals surface area contributed by atoms with Gasteiger partial charge >= 0.3 is 6.36 Å². The molecule has 0 aliphatic carbocycles. The highest BCUT2D eigenvalue weighted by Gasteiger charge is 2.30. The number of aliphatic hydroxyl groups excluding tert-OH is 1. The molecule has 0 aliphatic rings. The monoisotopic (exact) mass is 361 g/mol. The topological polar surface area (TPSA) is 42.4 Å². The predicted octanol–water partition coefficient (Wildman–Crippen LogP) is 4.02. The van der Waals surface area contributed by atoms with E-state index in [-0.39, 0.29) is 12.2 Å². The van der Waals surface area contributed by atoms with Gasteiger partial charge < -0.3 is 9.84 Å². The molecule has 0 saturated heterocycles. The molecule has 1 aromatic carbocycles. The third-order valence-electron chi connectivity index (χ3n) is 2.69. The van der Waals surface area contributed by atoms with Gasteiger partial charge in [-0.3, -0.25) is 4.98 Å². The lowest BCUT2D eigenvalue weighted by Gasteiger charge is -2.13. The molecule has 0 spiro atoms. The maximum atomic E-state index is 12.0. The summed E-state index contributed by atoms with van der Waals surface area (Å²) in [5, 5.41) is 10.1. The Kier molecular flexibility index (Phi) is 4.84. The number of nitrogens with zero attached hydrogens (tertiary/aromatic N) is 1. The molecule has 1 atom stereocenters. The van der Waals surface area contributed by atoms with Crippen LogP contribution in [0.25, 0.3) is 0 Å². The summed E-state index contributed by atoms with van der Waals surface area (Å²) in [7, 11) is 0. The minimum Gasteiger partial charge on any atom is -0.406 e. The van der Waals surface area contributed by atoms with Gasteiger partial charge in [0, 0.05) is 17.1 Å². The minimum absolute atomic E-state index is 0.238. The second-order valence-corrected chi connectivity index (χ2v) is 5.14. The molecule has 0 fully saturated rings. The van der Waals surface area contributed by atoms with Crippen molar-refractivity contribution in [2.24, 2.45) is 0 Å². The molecule has 1 N–H and O–H groups in total. The van der Waals surface area contributed by atoms with Crippen LogP contribution >= 0.6 is 15.9 Å². The Morgan fingerprint density at radius 3 is 2.43 bits per heavy atom. The van der Waals surface area contributed by atoms with Crippen molar-refractivity contribution in [2.45, 2.75) is 18.9 Å². The molecule has 1 aromatic heterocycles. The molecular weight excluding hydrogens is 351 g/mol. The van der Waals surface area contributed by atoms with Crippen molar-refractivity contribution in [1.82, 2.24) is 4.98 Å². The van der Waals surface area contributed by atoms with Gasteiger partial charge in [-0.25, -0.2) is 0 Å². The minimum atomic E-state index is -4.71. The third kappa shape index (κ3) is 4.71. The number of aromatic nitrogens is 1. The molecule has 0 bridgehead atoms. The van der Waals surface area contributed by atoms with E-state index in [9.17, 15) is 18.3 Å². The highest BCUT2D eigenvalue weighted by molar-refractivity contribution is 9.10. The lowest BCUT2D eigenvalue weighted by atomic mass is 10.1. The van der Waals surface area contributed by atoms with E-state index in [2.05, 4.69) is 25.7 Å². The normalized spacial score (nSPS) is 13.0. The van der Waals surface area contributed by atoms with E-state index in [1.165, 1.54) is 24.3 Å². The van der Waals surface area contributed by atoms with Gasteiger partial charge in [0.25, 0.3) is 0 Å². The van der Waals surface area contributed by atoms with E-state index in [1.54, 1.807) is 18.3 Å². The summed E-state index contributed by atoms with van der Waals surface area (Å²) < 4.78 is 40.6. The highest BCUT2D eigenvalue weighted by Crippen LogP contribution is 2.26. The highest BCUT2D eigenvalue weighted by atomic mass is 79.9. The van der Waals surface area contributed by atoms with Crippen LogP contribution in [-0.4, -0.2) is 16.5 Å². The zero-order valence-electron chi connectivity index (χ0n) is 10.6. The lowest BCUT2D eigenvalue weighted by Crippen LogP contribution is -2.17. The van der Waals surface area contributed by atoms with Crippen molar-refractivity contribution < 1.29 is 23.0 Å². The number of ether oxygens (including phenoxy) is 1. The van der Waals surface area contributed by atoms with Crippen molar-refractivity contribution in [3.63, 3.8) is 0 Å². The van der Waals surface area contributed by atoms with Gasteiger partial charge in [0.15, 0.2) is 0 Å². The average molecular weight is 362 g/mol. The largest absolute Gasteiger partial charge is 0.573 e. The maximum Gasteiger partial charge on any atom is 0.573 e. The van der Waals surface area contributed by atoms with E-state index < -0.39 is 12.5 Å². The quantitative estimate of drug-likeness (QED) is 0.894. The van der Waals surface area contributed by atoms with Crippen molar-refractivity contribution in [3.05, 3.63) is 58.3 Å². The standard InChI is InChI=1S/C14H11BrF3NO2/c15-11-2-1-7-19-13(11)12(20)8-9-3-5-10(6-4-9)21-14(16,17)18/h1-7,12,20H,8H2. The number of hydrogen-bond acceptors (Lipinski definition) is 3. The van der Waals surface area contributed by atoms with Crippen molar-refractivity contribution in [2.75, 3.05) is 0 Å². The van der Waals surface area contributed by atoms with Crippen LogP contribution in [-0.2, 0) is 6.42 Å². The first-order valence-corrected chi connectivity index (χ1v) is 6.77. The first-order chi connectivity index (χ1) is 9.85. The molecule has 21 heavy (non-hydrogen) atoms. The number of halogens is 4. The summed E-state index contributed by atoms with van der Waals surface area (Å²) in [4.78, 5) is 4.07. The summed E-state index contributed by atoms with van der Waals surface area (Å²) in [6.45, 7) is 0. The summed E-state index contributed by atoms with van der Waals surface area (Å²) >= 11 is 3.29. The second kappa shape index (κ2) is 6.44. The second-order valence-electron chi connectivity index (χ2n) is 4.28. The van der Waals surface area contributed by atoms with Crippen LogP contribution < -0.4 is 4.74 Å². The molecule has 7 heteroatoms. The van der Waals surface area contributed by atoms with Crippen molar-refractivity contribution in [1.29, 1.82) is 0 Å². The number of pyridine rings is 1. The Morgan fingerprint density at radius 1 is 1.19 bits per heavy atom. The van der Waals surface area contributed by atoms with Crippen LogP contribution in [0.3, 0.4) is 0 Å². The SMILES string of the molecule is OC(Cc1ccc(OC(F)(F)F)cc1)c1ncccc1Br. The van der Waals surface area contributed by atoms with Crippen molar-refractivity contribution in [3.8, 4) is 5.75 Å². The Labute approximate surface area is 127 Å². The molecule has 112 valence electrons.